The fraction of sp³-hybridized carbons (Fsp3) is 0.136. The molecule has 0 unspecified atom stereocenters. The van der Waals surface area contributed by atoms with Gasteiger partial charge in [-0.05, 0) is 82.9 Å². The minimum absolute atomic E-state index is 0.513. The van der Waals surface area contributed by atoms with Crippen LogP contribution in [-0.4, -0.2) is 9.38 Å². The molecular formula is C22H18BrClN2O. The van der Waals surface area contributed by atoms with Gasteiger partial charge in [0.25, 0.3) is 0 Å². The molecule has 0 saturated heterocycles. The Labute approximate surface area is 171 Å². The zero-order valence-electron chi connectivity index (χ0n) is 15.0. The maximum Gasteiger partial charge on any atom is 0.140 e. The Morgan fingerprint density at radius 3 is 2.52 bits per heavy atom. The molecular weight excluding hydrogens is 424 g/mol. The Morgan fingerprint density at radius 1 is 1.00 bits per heavy atom. The molecule has 0 saturated carbocycles. The SMILES string of the molecule is Cc1cc(-c2cn3cc(Br)cc(C)c3n2)ccc1OCc1ccc(Cl)cc1. The highest BCUT2D eigenvalue weighted by Crippen LogP contribution is 2.28. The molecule has 0 spiro atoms. The van der Waals surface area contributed by atoms with Gasteiger partial charge in [0.2, 0.25) is 0 Å². The molecule has 0 aliphatic carbocycles. The van der Waals surface area contributed by atoms with Crippen molar-refractivity contribution in [1.82, 2.24) is 9.38 Å². The highest BCUT2D eigenvalue weighted by molar-refractivity contribution is 9.10. The first kappa shape index (κ1) is 18.1. The Morgan fingerprint density at radius 2 is 1.78 bits per heavy atom. The van der Waals surface area contributed by atoms with E-state index in [9.17, 15) is 0 Å². The van der Waals surface area contributed by atoms with Gasteiger partial charge in [-0.2, -0.15) is 0 Å². The van der Waals surface area contributed by atoms with Crippen molar-refractivity contribution in [2.75, 3.05) is 0 Å². The van der Waals surface area contributed by atoms with Crippen LogP contribution < -0.4 is 4.74 Å². The molecule has 3 nitrogen and oxygen atoms in total. The van der Waals surface area contributed by atoms with E-state index in [2.05, 4.69) is 58.6 Å². The van der Waals surface area contributed by atoms with E-state index in [0.29, 0.717) is 6.61 Å². The standard InChI is InChI=1S/C22H18BrClN2O/c1-14-9-17(20-12-26-11-18(23)10-15(2)22(26)25-20)5-8-21(14)27-13-16-3-6-19(24)7-4-16/h3-12H,13H2,1-2H3. The minimum Gasteiger partial charge on any atom is -0.489 e. The third-order valence-electron chi connectivity index (χ3n) is 4.48. The van der Waals surface area contributed by atoms with Crippen molar-refractivity contribution in [3.8, 4) is 17.0 Å². The van der Waals surface area contributed by atoms with Crippen LogP contribution in [0.1, 0.15) is 16.7 Å². The summed E-state index contributed by atoms with van der Waals surface area (Å²) in [4.78, 5) is 4.79. The van der Waals surface area contributed by atoms with Crippen molar-refractivity contribution < 1.29 is 4.74 Å². The van der Waals surface area contributed by atoms with E-state index in [-0.39, 0.29) is 0 Å². The van der Waals surface area contributed by atoms with Gasteiger partial charge in [-0.1, -0.05) is 23.7 Å². The number of hydrogen-bond donors (Lipinski definition) is 0. The van der Waals surface area contributed by atoms with Crippen LogP contribution in [0.4, 0.5) is 0 Å². The summed E-state index contributed by atoms with van der Waals surface area (Å²) in [5.74, 6) is 0.872. The summed E-state index contributed by atoms with van der Waals surface area (Å²) in [6.45, 7) is 4.63. The van der Waals surface area contributed by atoms with E-state index >= 15 is 0 Å². The van der Waals surface area contributed by atoms with Gasteiger partial charge in [0, 0.05) is 27.5 Å². The van der Waals surface area contributed by atoms with Gasteiger partial charge in [0.05, 0.1) is 5.69 Å². The lowest BCUT2D eigenvalue weighted by Gasteiger charge is -2.10. The Balaban J connectivity index is 1.58. The predicted octanol–water partition coefficient (Wildman–Crippen LogP) is 6.61. The van der Waals surface area contributed by atoms with E-state index in [0.717, 1.165) is 48.8 Å². The van der Waals surface area contributed by atoms with Crippen LogP contribution in [0.5, 0.6) is 5.75 Å². The first-order valence-electron chi connectivity index (χ1n) is 8.63. The molecule has 0 atom stereocenters. The third kappa shape index (κ3) is 3.87. The number of benzene rings is 2. The molecule has 0 aliphatic heterocycles. The topological polar surface area (TPSA) is 26.5 Å². The molecule has 4 aromatic rings. The average Bonchev–Trinajstić information content (AvgIpc) is 3.06. The molecule has 0 aliphatic rings. The van der Waals surface area contributed by atoms with Crippen LogP contribution in [0.2, 0.25) is 5.02 Å². The number of nitrogens with zero attached hydrogens (tertiary/aromatic N) is 2. The molecule has 0 N–H and O–H groups in total. The largest absolute Gasteiger partial charge is 0.489 e. The van der Waals surface area contributed by atoms with Crippen molar-refractivity contribution in [3.05, 3.63) is 87.1 Å². The summed E-state index contributed by atoms with van der Waals surface area (Å²) in [7, 11) is 0. The molecule has 5 heteroatoms. The highest BCUT2D eigenvalue weighted by atomic mass is 79.9. The Kier molecular flexibility index (Phi) is 4.94. The maximum atomic E-state index is 5.97. The van der Waals surface area contributed by atoms with Crippen molar-refractivity contribution >= 4 is 33.2 Å². The van der Waals surface area contributed by atoms with Gasteiger partial charge >= 0.3 is 0 Å². The fourth-order valence-electron chi connectivity index (χ4n) is 3.08. The van der Waals surface area contributed by atoms with Crippen LogP contribution >= 0.6 is 27.5 Å². The molecule has 0 radical (unpaired) electrons. The number of hydrogen-bond acceptors (Lipinski definition) is 2. The molecule has 0 fully saturated rings. The van der Waals surface area contributed by atoms with Gasteiger partial charge in [-0.15, -0.1) is 0 Å². The van der Waals surface area contributed by atoms with Gasteiger partial charge < -0.3 is 9.14 Å². The number of halogens is 2. The van der Waals surface area contributed by atoms with Crippen molar-refractivity contribution in [3.63, 3.8) is 0 Å². The van der Waals surface area contributed by atoms with Gasteiger partial charge in [-0.25, -0.2) is 4.98 Å². The number of pyridine rings is 1. The smallest absolute Gasteiger partial charge is 0.140 e. The minimum atomic E-state index is 0.513. The zero-order valence-corrected chi connectivity index (χ0v) is 17.4. The quantitative estimate of drug-likeness (QED) is 0.356. The number of fused-ring (bicyclic) bond motifs is 1. The Bertz CT molecular complexity index is 1120. The second-order valence-corrected chi connectivity index (χ2v) is 7.95. The summed E-state index contributed by atoms with van der Waals surface area (Å²) in [6, 6.07) is 15.9. The van der Waals surface area contributed by atoms with Gasteiger partial charge in [0.15, 0.2) is 0 Å². The third-order valence-corrected chi connectivity index (χ3v) is 5.17. The molecule has 2 aromatic carbocycles. The first-order chi connectivity index (χ1) is 13.0. The lowest BCUT2D eigenvalue weighted by atomic mass is 10.1. The summed E-state index contributed by atoms with van der Waals surface area (Å²) < 4.78 is 9.06. The van der Waals surface area contributed by atoms with E-state index in [1.807, 2.05) is 36.5 Å². The summed E-state index contributed by atoms with van der Waals surface area (Å²) in [5.41, 5.74) is 6.29. The predicted molar refractivity (Wildman–Crippen MR) is 114 cm³/mol. The Hall–Kier alpha value is -2.30. The van der Waals surface area contributed by atoms with E-state index in [1.165, 1.54) is 0 Å². The number of aryl methyl sites for hydroxylation is 2. The van der Waals surface area contributed by atoms with Crippen LogP contribution in [0.3, 0.4) is 0 Å². The number of imidazole rings is 1. The lowest BCUT2D eigenvalue weighted by Crippen LogP contribution is -1.97. The van der Waals surface area contributed by atoms with Crippen molar-refractivity contribution in [2.24, 2.45) is 0 Å². The number of rotatable bonds is 4. The second-order valence-electron chi connectivity index (χ2n) is 6.59. The summed E-state index contributed by atoms with van der Waals surface area (Å²) >= 11 is 9.46. The zero-order chi connectivity index (χ0) is 19.0. The summed E-state index contributed by atoms with van der Waals surface area (Å²) in [5, 5.41) is 0.731. The second kappa shape index (κ2) is 7.37. The average molecular weight is 442 g/mol. The van der Waals surface area contributed by atoms with Crippen LogP contribution in [0.15, 0.2) is 65.4 Å². The van der Waals surface area contributed by atoms with Crippen molar-refractivity contribution in [1.29, 1.82) is 0 Å². The number of ether oxygens (including phenoxy) is 1. The van der Waals surface area contributed by atoms with E-state index in [4.69, 9.17) is 21.3 Å². The number of aromatic nitrogens is 2. The highest BCUT2D eigenvalue weighted by Gasteiger charge is 2.09. The summed E-state index contributed by atoms with van der Waals surface area (Å²) in [6.07, 6.45) is 4.07. The van der Waals surface area contributed by atoms with E-state index in [1.54, 1.807) is 0 Å². The molecule has 27 heavy (non-hydrogen) atoms. The molecule has 0 bridgehead atoms. The molecule has 136 valence electrons. The van der Waals surface area contributed by atoms with Crippen LogP contribution in [0, 0.1) is 13.8 Å². The monoisotopic (exact) mass is 440 g/mol. The molecule has 0 amide bonds. The normalized spacial score (nSPS) is 11.1. The maximum absolute atomic E-state index is 5.97. The first-order valence-corrected chi connectivity index (χ1v) is 9.80. The van der Waals surface area contributed by atoms with Crippen molar-refractivity contribution in [2.45, 2.75) is 20.5 Å². The van der Waals surface area contributed by atoms with E-state index < -0.39 is 0 Å². The fourth-order valence-corrected chi connectivity index (χ4v) is 3.77. The van der Waals surface area contributed by atoms with Crippen LogP contribution in [-0.2, 0) is 6.61 Å². The van der Waals surface area contributed by atoms with Crippen LogP contribution in [0.25, 0.3) is 16.9 Å². The lowest BCUT2D eigenvalue weighted by molar-refractivity contribution is 0.304. The molecule has 4 rings (SSSR count). The molecule has 2 aromatic heterocycles. The van der Waals surface area contributed by atoms with Gasteiger partial charge in [-0.3, -0.25) is 0 Å². The molecule has 2 heterocycles. The van der Waals surface area contributed by atoms with Gasteiger partial charge in [0.1, 0.15) is 18.0 Å².